The Balaban J connectivity index is 1.65. The van der Waals surface area contributed by atoms with Gasteiger partial charge in [-0.3, -0.25) is 4.79 Å². The van der Waals surface area contributed by atoms with Crippen molar-refractivity contribution in [3.63, 3.8) is 0 Å². The van der Waals surface area contributed by atoms with Gasteiger partial charge in [0.15, 0.2) is 0 Å². The first kappa shape index (κ1) is 18.3. The highest BCUT2D eigenvalue weighted by atomic mass is 19.1. The first-order valence-electron chi connectivity index (χ1n) is 9.34. The smallest absolute Gasteiger partial charge is 0.231 e. The first-order valence-corrected chi connectivity index (χ1v) is 9.34. The van der Waals surface area contributed by atoms with Crippen LogP contribution < -0.4 is 4.90 Å². The van der Waals surface area contributed by atoms with Gasteiger partial charge in [0.25, 0.3) is 0 Å². The van der Waals surface area contributed by atoms with E-state index >= 15 is 0 Å². The zero-order chi connectivity index (χ0) is 19.8. The lowest BCUT2D eigenvalue weighted by molar-refractivity contribution is -0.118. The van der Waals surface area contributed by atoms with Crippen molar-refractivity contribution in [1.82, 2.24) is 9.78 Å². The monoisotopic (exact) mass is 381 g/mol. The number of halogens is 2. The third-order valence-electron chi connectivity index (χ3n) is 5.32. The fourth-order valence-electron chi connectivity index (χ4n) is 3.84. The Kier molecular flexibility index (Phi) is 4.71. The molecule has 28 heavy (non-hydrogen) atoms. The summed E-state index contributed by atoms with van der Waals surface area (Å²) < 4.78 is 29.4. The van der Waals surface area contributed by atoms with Gasteiger partial charge in [-0.25, -0.2) is 13.5 Å². The second kappa shape index (κ2) is 7.19. The summed E-state index contributed by atoms with van der Waals surface area (Å²) in [6.07, 6.45) is 1.82. The molecule has 0 fully saturated rings. The number of aryl methyl sites for hydroxylation is 2. The number of anilines is 1. The lowest BCUT2D eigenvalue weighted by Crippen LogP contribution is -2.36. The largest absolute Gasteiger partial charge is 0.312 e. The van der Waals surface area contributed by atoms with Gasteiger partial charge in [0.05, 0.1) is 12.1 Å². The minimum atomic E-state index is -0.369. The maximum Gasteiger partial charge on any atom is 0.231 e. The summed E-state index contributed by atoms with van der Waals surface area (Å²) in [6, 6.07) is 11.0. The molecule has 0 spiro atoms. The van der Waals surface area contributed by atoms with Gasteiger partial charge in [-0.2, -0.15) is 5.10 Å². The standard InChI is InChI=1S/C22H21F2N3O/c1-14-18(15(2)27(25-14)20-8-4-3-7-19(20)24)13-22(28)26-11-5-6-16-9-10-17(23)12-21(16)26/h3-4,7-10,12H,5-6,11,13H2,1-2H3. The summed E-state index contributed by atoms with van der Waals surface area (Å²) in [7, 11) is 0. The molecule has 1 aliphatic rings. The van der Waals surface area contributed by atoms with E-state index in [-0.39, 0.29) is 24.0 Å². The molecule has 0 N–H and O–H groups in total. The van der Waals surface area contributed by atoms with Crippen molar-refractivity contribution in [2.75, 3.05) is 11.4 Å². The van der Waals surface area contributed by atoms with Crippen LogP contribution in [0.3, 0.4) is 0 Å². The van der Waals surface area contributed by atoms with Crippen LogP contribution >= 0.6 is 0 Å². The van der Waals surface area contributed by atoms with Crippen molar-refractivity contribution in [3.8, 4) is 5.69 Å². The van der Waals surface area contributed by atoms with Gasteiger partial charge in [-0.15, -0.1) is 0 Å². The highest BCUT2D eigenvalue weighted by molar-refractivity contribution is 5.96. The third kappa shape index (κ3) is 3.19. The van der Waals surface area contributed by atoms with E-state index in [1.54, 1.807) is 29.2 Å². The Hall–Kier alpha value is -3.02. The Morgan fingerprint density at radius 1 is 1.11 bits per heavy atom. The van der Waals surface area contributed by atoms with E-state index in [0.29, 0.717) is 23.6 Å². The van der Waals surface area contributed by atoms with Gasteiger partial charge in [0.1, 0.15) is 17.3 Å². The number of aromatic nitrogens is 2. The van der Waals surface area contributed by atoms with Crippen LogP contribution in [0.4, 0.5) is 14.5 Å². The zero-order valence-electron chi connectivity index (χ0n) is 15.9. The lowest BCUT2D eigenvalue weighted by atomic mass is 10.0. The fraction of sp³-hybridized carbons (Fsp3) is 0.273. The SMILES string of the molecule is Cc1nn(-c2ccccc2F)c(C)c1CC(=O)N1CCCc2ccc(F)cc21. The van der Waals surface area contributed by atoms with E-state index in [9.17, 15) is 13.6 Å². The second-order valence-electron chi connectivity index (χ2n) is 7.11. The first-order chi connectivity index (χ1) is 13.5. The number of rotatable bonds is 3. The maximum atomic E-state index is 14.2. The Bertz CT molecular complexity index is 1060. The van der Waals surface area contributed by atoms with Gasteiger partial charge >= 0.3 is 0 Å². The average molecular weight is 381 g/mol. The molecule has 2 heterocycles. The number of carbonyl (C=O) groups is 1. The maximum absolute atomic E-state index is 14.2. The number of hydrogen-bond donors (Lipinski definition) is 0. The van der Waals surface area contributed by atoms with Gasteiger partial charge in [-0.05, 0) is 56.5 Å². The van der Waals surface area contributed by atoms with E-state index in [1.807, 2.05) is 13.8 Å². The van der Waals surface area contributed by atoms with Crippen LogP contribution in [0.1, 0.15) is 28.9 Å². The van der Waals surface area contributed by atoms with Gasteiger partial charge < -0.3 is 4.90 Å². The molecule has 0 aliphatic carbocycles. The summed E-state index contributed by atoms with van der Waals surface area (Å²) in [5.41, 5.74) is 4.17. The van der Waals surface area contributed by atoms with Crippen LogP contribution in [0.15, 0.2) is 42.5 Å². The quantitative estimate of drug-likeness (QED) is 0.679. The lowest BCUT2D eigenvalue weighted by Gasteiger charge is -2.29. The molecule has 2 aromatic carbocycles. The average Bonchev–Trinajstić information content (AvgIpc) is 2.96. The summed E-state index contributed by atoms with van der Waals surface area (Å²) in [5.74, 6) is -0.824. The number of para-hydroxylation sites is 1. The van der Waals surface area contributed by atoms with Crippen LogP contribution in [0.5, 0.6) is 0 Å². The molecule has 4 rings (SSSR count). The van der Waals surface area contributed by atoms with E-state index in [2.05, 4.69) is 5.10 Å². The molecule has 0 radical (unpaired) electrons. The number of benzene rings is 2. The van der Waals surface area contributed by atoms with E-state index in [0.717, 1.165) is 29.7 Å². The molecule has 6 heteroatoms. The summed E-state index contributed by atoms with van der Waals surface area (Å²) in [5, 5.41) is 4.44. The molecule has 1 aliphatic heterocycles. The fourth-order valence-corrected chi connectivity index (χ4v) is 3.84. The van der Waals surface area contributed by atoms with Gasteiger partial charge in [-0.1, -0.05) is 18.2 Å². The van der Waals surface area contributed by atoms with Crippen molar-refractivity contribution < 1.29 is 13.6 Å². The number of fused-ring (bicyclic) bond motifs is 1. The number of hydrogen-bond acceptors (Lipinski definition) is 2. The van der Waals surface area contributed by atoms with Crippen molar-refractivity contribution >= 4 is 11.6 Å². The Morgan fingerprint density at radius 2 is 1.89 bits per heavy atom. The zero-order valence-corrected chi connectivity index (χ0v) is 15.9. The molecular weight excluding hydrogens is 360 g/mol. The van der Waals surface area contributed by atoms with Crippen LogP contribution in [0.25, 0.3) is 5.69 Å². The molecule has 0 saturated heterocycles. The van der Waals surface area contributed by atoms with Crippen LogP contribution in [-0.4, -0.2) is 22.2 Å². The van der Waals surface area contributed by atoms with Gasteiger partial charge in [0.2, 0.25) is 5.91 Å². The van der Waals surface area contributed by atoms with Crippen LogP contribution in [0.2, 0.25) is 0 Å². The summed E-state index contributed by atoms with van der Waals surface area (Å²) >= 11 is 0. The molecule has 1 aromatic heterocycles. The van der Waals surface area contributed by atoms with Crippen molar-refractivity contribution in [2.24, 2.45) is 0 Å². The van der Waals surface area contributed by atoms with E-state index in [4.69, 9.17) is 0 Å². The number of carbonyl (C=O) groups excluding carboxylic acids is 1. The Labute approximate surface area is 162 Å². The van der Waals surface area contributed by atoms with Crippen molar-refractivity contribution in [3.05, 3.63) is 76.6 Å². The molecule has 0 unspecified atom stereocenters. The molecular formula is C22H21F2N3O. The molecule has 0 bridgehead atoms. The molecule has 0 saturated carbocycles. The normalized spacial score (nSPS) is 13.5. The van der Waals surface area contributed by atoms with E-state index in [1.165, 1.54) is 22.9 Å². The predicted molar refractivity (Wildman–Crippen MR) is 104 cm³/mol. The second-order valence-corrected chi connectivity index (χ2v) is 7.11. The molecule has 0 atom stereocenters. The van der Waals surface area contributed by atoms with E-state index < -0.39 is 0 Å². The minimum absolute atomic E-state index is 0.106. The minimum Gasteiger partial charge on any atom is -0.312 e. The predicted octanol–water partition coefficient (Wildman–Crippen LogP) is 4.29. The molecule has 4 nitrogen and oxygen atoms in total. The number of amides is 1. The van der Waals surface area contributed by atoms with Crippen LogP contribution in [-0.2, 0) is 17.6 Å². The Morgan fingerprint density at radius 3 is 2.68 bits per heavy atom. The van der Waals surface area contributed by atoms with Crippen molar-refractivity contribution in [1.29, 1.82) is 0 Å². The molecule has 144 valence electrons. The topological polar surface area (TPSA) is 38.1 Å². The van der Waals surface area contributed by atoms with Gasteiger partial charge in [0, 0.05) is 23.5 Å². The summed E-state index contributed by atoms with van der Waals surface area (Å²) in [6.45, 7) is 4.21. The molecule has 1 amide bonds. The highest BCUT2D eigenvalue weighted by Crippen LogP contribution is 2.29. The highest BCUT2D eigenvalue weighted by Gasteiger charge is 2.25. The molecule has 3 aromatic rings. The van der Waals surface area contributed by atoms with Crippen molar-refractivity contribution in [2.45, 2.75) is 33.1 Å². The van der Waals surface area contributed by atoms with Crippen LogP contribution in [0, 0.1) is 25.5 Å². The summed E-state index contributed by atoms with van der Waals surface area (Å²) in [4.78, 5) is 14.7. The third-order valence-corrected chi connectivity index (χ3v) is 5.32. The number of nitrogens with zero attached hydrogens (tertiary/aromatic N) is 3.